The Labute approximate surface area is 202 Å². The van der Waals surface area contributed by atoms with Crippen molar-refractivity contribution in [2.24, 2.45) is 0 Å². The van der Waals surface area contributed by atoms with Gasteiger partial charge in [0.25, 0.3) is 0 Å². The third kappa shape index (κ3) is 6.90. The third-order valence-corrected chi connectivity index (χ3v) is 5.61. The normalized spacial score (nSPS) is 17.1. The van der Waals surface area contributed by atoms with E-state index in [1.807, 2.05) is 58.0 Å². The number of rotatable bonds is 7. The molecule has 2 aromatic rings. The van der Waals surface area contributed by atoms with Crippen LogP contribution < -0.4 is 0 Å². The van der Waals surface area contributed by atoms with E-state index < -0.39 is 11.7 Å². The van der Waals surface area contributed by atoms with E-state index in [-0.39, 0.29) is 11.9 Å². The number of nitrogens with zero attached hydrogens (tertiary/aromatic N) is 1. The highest BCUT2D eigenvalue weighted by molar-refractivity contribution is 5.84. The molecular weight excluding hydrogens is 433 g/mol. The molecule has 1 atom stereocenters. The molecule has 1 amide bonds. The van der Waals surface area contributed by atoms with E-state index in [0.29, 0.717) is 31.9 Å². The van der Waals surface area contributed by atoms with Gasteiger partial charge in [0, 0.05) is 25.8 Å². The Bertz CT molecular complexity index is 1010. The van der Waals surface area contributed by atoms with Crippen molar-refractivity contribution in [2.75, 3.05) is 33.4 Å². The monoisotopic (exact) mass is 469 g/mol. The quantitative estimate of drug-likeness (QED) is 0.450. The summed E-state index contributed by atoms with van der Waals surface area (Å²) in [6, 6.07) is 13.0. The van der Waals surface area contributed by atoms with Gasteiger partial charge in [-0.1, -0.05) is 48.0 Å². The van der Waals surface area contributed by atoms with Crippen LogP contribution in [0.25, 0.3) is 16.7 Å². The lowest BCUT2D eigenvalue weighted by Gasteiger charge is -2.35. The topological polar surface area (TPSA) is 48.0 Å². The van der Waals surface area contributed by atoms with Crippen LogP contribution in [-0.2, 0) is 14.2 Å². The Balaban J connectivity index is 1.99. The molecule has 6 heteroatoms. The zero-order valence-corrected chi connectivity index (χ0v) is 20.9. The van der Waals surface area contributed by atoms with Crippen molar-refractivity contribution in [3.63, 3.8) is 0 Å². The van der Waals surface area contributed by atoms with Crippen molar-refractivity contribution >= 4 is 11.7 Å². The molecule has 0 saturated carbocycles. The number of morpholine rings is 1. The standard InChI is InChI=1S/C28H36FNO4/c1-20-10-8-11-21(18-20)26-23(13-9-14-24(26)29)22(12-6-7-16-32-5)25-19-30(15-17-33-25)27(31)34-28(2,3)4/h8-14,18,25H,6-7,15-17,19H2,1-5H3/b22-12+. The summed E-state index contributed by atoms with van der Waals surface area (Å²) in [4.78, 5) is 14.4. The number of allylic oxidation sites excluding steroid dienone is 1. The first-order valence-electron chi connectivity index (χ1n) is 11.8. The maximum atomic E-state index is 15.3. The molecule has 5 nitrogen and oxygen atoms in total. The lowest BCUT2D eigenvalue weighted by Crippen LogP contribution is -2.47. The molecule has 1 saturated heterocycles. The summed E-state index contributed by atoms with van der Waals surface area (Å²) >= 11 is 0. The average Bonchev–Trinajstić information content (AvgIpc) is 2.78. The van der Waals surface area contributed by atoms with Gasteiger partial charge < -0.3 is 19.1 Å². The van der Waals surface area contributed by atoms with Crippen LogP contribution in [0.3, 0.4) is 0 Å². The van der Waals surface area contributed by atoms with Gasteiger partial charge in [-0.25, -0.2) is 9.18 Å². The highest BCUT2D eigenvalue weighted by atomic mass is 19.1. The van der Waals surface area contributed by atoms with E-state index in [0.717, 1.165) is 35.1 Å². The molecule has 0 aliphatic carbocycles. The average molecular weight is 470 g/mol. The van der Waals surface area contributed by atoms with Gasteiger partial charge in [0.2, 0.25) is 0 Å². The third-order valence-electron chi connectivity index (χ3n) is 5.61. The number of benzene rings is 2. The zero-order chi connectivity index (χ0) is 24.7. The van der Waals surface area contributed by atoms with Crippen molar-refractivity contribution in [1.82, 2.24) is 4.90 Å². The van der Waals surface area contributed by atoms with Crippen molar-refractivity contribution in [2.45, 2.75) is 52.2 Å². The summed E-state index contributed by atoms with van der Waals surface area (Å²) in [6.07, 6.45) is 2.92. The molecule has 184 valence electrons. The second-order valence-electron chi connectivity index (χ2n) is 9.61. The predicted molar refractivity (Wildman–Crippen MR) is 133 cm³/mol. The fraction of sp³-hybridized carbons (Fsp3) is 0.464. The number of carbonyl (C=O) groups excluding carboxylic acids is 1. The summed E-state index contributed by atoms with van der Waals surface area (Å²) in [6.45, 7) is 9.36. The Morgan fingerprint density at radius 3 is 2.71 bits per heavy atom. The van der Waals surface area contributed by atoms with E-state index in [2.05, 4.69) is 6.08 Å². The van der Waals surface area contributed by atoms with Crippen molar-refractivity contribution < 1.29 is 23.4 Å². The number of ether oxygens (including phenoxy) is 3. The van der Waals surface area contributed by atoms with Gasteiger partial charge in [-0.05, 0) is 63.3 Å². The van der Waals surface area contributed by atoms with Gasteiger partial charge in [0.05, 0.1) is 13.2 Å². The van der Waals surface area contributed by atoms with Gasteiger partial charge in [-0.2, -0.15) is 0 Å². The lowest BCUT2D eigenvalue weighted by molar-refractivity contribution is -0.0235. The van der Waals surface area contributed by atoms with Gasteiger partial charge in [-0.3, -0.25) is 0 Å². The Hall–Kier alpha value is -2.70. The zero-order valence-electron chi connectivity index (χ0n) is 20.9. The molecule has 0 spiro atoms. The van der Waals surface area contributed by atoms with Crippen LogP contribution in [0.15, 0.2) is 48.5 Å². The summed E-state index contributed by atoms with van der Waals surface area (Å²) < 4.78 is 32.2. The molecule has 1 fully saturated rings. The van der Waals surface area contributed by atoms with Crippen LogP contribution in [0.2, 0.25) is 0 Å². The smallest absolute Gasteiger partial charge is 0.410 e. The predicted octanol–water partition coefficient (Wildman–Crippen LogP) is 6.25. The summed E-state index contributed by atoms with van der Waals surface area (Å²) in [5.41, 5.74) is 3.49. The molecular formula is C28H36FNO4. The van der Waals surface area contributed by atoms with E-state index >= 15 is 4.39 Å². The number of aryl methyl sites for hydroxylation is 1. The largest absolute Gasteiger partial charge is 0.444 e. The fourth-order valence-electron chi connectivity index (χ4n) is 4.09. The van der Waals surface area contributed by atoms with Crippen LogP contribution in [0.1, 0.15) is 44.7 Å². The SMILES string of the molecule is COCCC/C=C(\c1cccc(F)c1-c1cccc(C)c1)C1CN(C(=O)OC(C)(C)C)CCO1. The molecule has 0 radical (unpaired) electrons. The Morgan fingerprint density at radius 1 is 1.24 bits per heavy atom. The first-order valence-corrected chi connectivity index (χ1v) is 11.8. The van der Waals surface area contributed by atoms with Crippen LogP contribution >= 0.6 is 0 Å². The molecule has 1 heterocycles. The fourth-order valence-corrected chi connectivity index (χ4v) is 4.09. The Kier molecular flexibility index (Phi) is 8.86. The van der Waals surface area contributed by atoms with Crippen LogP contribution in [0, 0.1) is 12.7 Å². The number of unbranched alkanes of at least 4 members (excludes halogenated alkanes) is 1. The van der Waals surface area contributed by atoms with E-state index in [1.54, 1.807) is 18.1 Å². The molecule has 0 N–H and O–H groups in total. The molecule has 3 rings (SSSR count). The summed E-state index contributed by atoms with van der Waals surface area (Å²) in [5, 5.41) is 0. The second kappa shape index (κ2) is 11.6. The van der Waals surface area contributed by atoms with E-state index in [9.17, 15) is 4.79 Å². The molecule has 0 bridgehead atoms. The summed E-state index contributed by atoms with van der Waals surface area (Å²) in [7, 11) is 1.68. The van der Waals surface area contributed by atoms with Crippen molar-refractivity contribution in [1.29, 1.82) is 0 Å². The van der Waals surface area contributed by atoms with Gasteiger partial charge >= 0.3 is 6.09 Å². The highest BCUT2D eigenvalue weighted by Gasteiger charge is 2.31. The molecule has 1 aliphatic rings. The molecule has 0 aromatic heterocycles. The minimum atomic E-state index is -0.579. The number of carbonyl (C=O) groups is 1. The minimum Gasteiger partial charge on any atom is -0.444 e. The lowest BCUT2D eigenvalue weighted by atomic mass is 9.89. The number of halogens is 1. The molecule has 1 unspecified atom stereocenters. The van der Waals surface area contributed by atoms with E-state index in [4.69, 9.17) is 14.2 Å². The maximum absolute atomic E-state index is 15.3. The Morgan fingerprint density at radius 2 is 2.00 bits per heavy atom. The number of hydrogen-bond donors (Lipinski definition) is 0. The van der Waals surface area contributed by atoms with Crippen molar-refractivity contribution in [3.05, 3.63) is 65.5 Å². The number of hydrogen-bond acceptors (Lipinski definition) is 4. The van der Waals surface area contributed by atoms with Gasteiger partial charge in [-0.15, -0.1) is 0 Å². The second-order valence-corrected chi connectivity index (χ2v) is 9.61. The number of methoxy groups -OCH3 is 1. The van der Waals surface area contributed by atoms with Gasteiger partial charge in [0.15, 0.2) is 0 Å². The molecule has 2 aromatic carbocycles. The van der Waals surface area contributed by atoms with Gasteiger partial charge in [0.1, 0.15) is 17.5 Å². The molecule has 34 heavy (non-hydrogen) atoms. The van der Waals surface area contributed by atoms with Crippen molar-refractivity contribution in [3.8, 4) is 11.1 Å². The summed E-state index contributed by atoms with van der Waals surface area (Å²) in [5.74, 6) is -0.286. The minimum absolute atomic E-state index is 0.286. The highest BCUT2D eigenvalue weighted by Crippen LogP contribution is 2.35. The van der Waals surface area contributed by atoms with Crippen LogP contribution in [0.4, 0.5) is 9.18 Å². The maximum Gasteiger partial charge on any atom is 0.410 e. The van der Waals surface area contributed by atoms with Crippen LogP contribution in [0.5, 0.6) is 0 Å². The molecule has 1 aliphatic heterocycles. The van der Waals surface area contributed by atoms with Crippen LogP contribution in [-0.4, -0.2) is 56.1 Å². The first-order chi connectivity index (χ1) is 16.2. The number of amides is 1. The van der Waals surface area contributed by atoms with E-state index in [1.165, 1.54) is 6.07 Å². The first kappa shape index (κ1) is 25.9.